The van der Waals surface area contributed by atoms with Crippen molar-refractivity contribution in [3.63, 3.8) is 0 Å². The largest absolute Gasteiger partial charge is 0.313 e. The van der Waals surface area contributed by atoms with Crippen LogP contribution in [-0.4, -0.2) is 30.1 Å². The molecule has 2 fully saturated rings. The smallest absolute Gasteiger partial charge is 0.0475 e. The van der Waals surface area contributed by atoms with Crippen LogP contribution in [0.4, 0.5) is 0 Å². The Morgan fingerprint density at radius 3 is 2.62 bits per heavy atom. The second-order valence-electron chi connectivity index (χ2n) is 7.13. The van der Waals surface area contributed by atoms with Crippen molar-refractivity contribution in [2.24, 2.45) is 5.92 Å². The first-order valence-corrected chi connectivity index (χ1v) is 8.80. The van der Waals surface area contributed by atoms with E-state index in [-0.39, 0.29) is 0 Å². The fraction of sp³-hybridized carbons (Fsp3) is 0.684. The molecule has 1 N–H and O–H groups in total. The fourth-order valence-electron chi connectivity index (χ4n) is 4.28. The monoisotopic (exact) mass is 286 g/mol. The highest BCUT2D eigenvalue weighted by atomic mass is 15.2. The molecule has 2 heteroatoms. The van der Waals surface area contributed by atoms with Gasteiger partial charge < -0.3 is 5.32 Å². The van der Waals surface area contributed by atoms with Crippen molar-refractivity contribution in [1.29, 1.82) is 0 Å². The Balaban J connectivity index is 1.78. The molecule has 1 saturated carbocycles. The van der Waals surface area contributed by atoms with Gasteiger partial charge in [0.25, 0.3) is 0 Å². The number of nitrogens with zero attached hydrogens (tertiary/aromatic N) is 1. The van der Waals surface area contributed by atoms with E-state index in [0.29, 0.717) is 12.1 Å². The summed E-state index contributed by atoms with van der Waals surface area (Å²) in [5.74, 6) is 0.962. The summed E-state index contributed by atoms with van der Waals surface area (Å²) in [5, 5.41) is 3.67. The first-order valence-electron chi connectivity index (χ1n) is 8.80. The number of benzene rings is 1. The SMILES string of the molecule is CC(C)NCC(c1ccccc1)N1CCC2CCCCC21. The lowest BCUT2D eigenvalue weighted by atomic mass is 9.84. The standard InChI is InChI=1S/C19H30N2/c1-15(2)20-14-19(16-8-4-3-5-9-16)21-13-12-17-10-6-7-11-18(17)21/h3-5,8-9,15,17-20H,6-7,10-14H2,1-2H3. The van der Waals surface area contributed by atoms with E-state index in [1.807, 2.05) is 0 Å². The number of hydrogen-bond donors (Lipinski definition) is 1. The molecule has 1 aliphatic heterocycles. The molecule has 0 amide bonds. The summed E-state index contributed by atoms with van der Waals surface area (Å²) in [5.41, 5.74) is 1.48. The van der Waals surface area contributed by atoms with Crippen LogP contribution in [0.5, 0.6) is 0 Å². The van der Waals surface area contributed by atoms with Gasteiger partial charge in [0.2, 0.25) is 0 Å². The number of fused-ring (bicyclic) bond motifs is 1. The lowest BCUT2D eigenvalue weighted by molar-refractivity contribution is 0.128. The number of likely N-dealkylation sites (tertiary alicyclic amines) is 1. The van der Waals surface area contributed by atoms with Gasteiger partial charge in [-0.1, -0.05) is 57.0 Å². The molecule has 3 atom stereocenters. The molecule has 1 aliphatic carbocycles. The van der Waals surface area contributed by atoms with Gasteiger partial charge in [-0.05, 0) is 37.3 Å². The first kappa shape index (κ1) is 15.1. The Kier molecular flexibility index (Phi) is 4.97. The van der Waals surface area contributed by atoms with E-state index in [1.54, 1.807) is 0 Å². The number of nitrogens with one attached hydrogen (secondary N) is 1. The fourth-order valence-corrected chi connectivity index (χ4v) is 4.28. The van der Waals surface area contributed by atoms with Crippen LogP contribution < -0.4 is 5.32 Å². The lowest BCUT2D eigenvalue weighted by Crippen LogP contribution is -2.42. The van der Waals surface area contributed by atoms with Crippen LogP contribution in [-0.2, 0) is 0 Å². The zero-order chi connectivity index (χ0) is 14.7. The highest BCUT2D eigenvalue weighted by Crippen LogP contribution is 2.40. The molecule has 2 nitrogen and oxygen atoms in total. The summed E-state index contributed by atoms with van der Waals surface area (Å²) in [4.78, 5) is 2.81. The van der Waals surface area contributed by atoms with Gasteiger partial charge in [0.15, 0.2) is 0 Å². The van der Waals surface area contributed by atoms with Gasteiger partial charge >= 0.3 is 0 Å². The Morgan fingerprint density at radius 2 is 1.86 bits per heavy atom. The molecule has 0 spiro atoms. The van der Waals surface area contributed by atoms with Crippen molar-refractivity contribution in [3.8, 4) is 0 Å². The van der Waals surface area contributed by atoms with Crippen molar-refractivity contribution in [1.82, 2.24) is 10.2 Å². The van der Waals surface area contributed by atoms with E-state index in [4.69, 9.17) is 0 Å². The molecular weight excluding hydrogens is 256 g/mol. The molecule has 2 aliphatic rings. The maximum atomic E-state index is 3.67. The van der Waals surface area contributed by atoms with Gasteiger partial charge in [-0.3, -0.25) is 4.90 Å². The van der Waals surface area contributed by atoms with Crippen molar-refractivity contribution in [2.45, 2.75) is 64.1 Å². The maximum absolute atomic E-state index is 3.67. The normalized spacial score (nSPS) is 27.8. The average molecular weight is 286 g/mol. The van der Waals surface area contributed by atoms with Gasteiger partial charge in [0.05, 0.1) is 0 Å². The molecule has 0 bridgehead atoms. The predicted octanol–water partition coefficient (Wildman–Crippen LogP) is 3.99. The Morgan fingerprint density at radius 1 is 1.10 bits per heavy atom. The summed E-state index contributed by atoms with van der Waals surface area (Å²) in [6, 6.07) is 13.0. The second-order valence-corrected chi connectivity index (χ2v) is 7.13. The van der Waals surface area contributed by atoms with Crippen LogP contribution in [0.2, 0.25) is 0 Å². The lowest BCUT2D eigenvalue weighted by Gasteiger charge is -2.38. The third-order valence-electron chi connectivity index (χ3n) is 5.36. The van der Waals surface area contributed by atoms with E-state index < -0.39 is 0 Å². The minimum Gasteiger partial charge on any atom is -0.313 e. The van der Waals surface area contributed by atoms with Crippen molar-refractivity contribution in [2.75, 3.05) is 13.1 Å². The van der Waals surface area contributed by atoms with Crippen LogP contribution in [0.25, 0.3) is 0 Å². The summed E-state index contributed by atoms with van der Waals surface area (Å²) >= 11 is 0. The molecule has 0 aromatic heterocycles. The van der Waals surface area contributed by atoms with Crippen LogP contribution >= 0.6 is 0 Å². The molecule has 1 saturated heterocycles. The van der Waals surface area contributed by atoms with Crippen molar-refractivity contribution < 1.29 is 0 Å². The van der Waals surface area contributed by atoms with E-state index in [0.717, 1.165) is 18.5 Å². The number of hydrogen-bond acceptors (Lipinski definition) is 2. The molecule has 1 aromatic carbocycles. The zero-order valence-electron chi connectivity index (χ0n) is 13.6. The molecule has 21 heavy (non-hydrogen) atoms. The van der Waals surface area contributed by atoms with Gasteiger partial charge in [-0.2, -0.15) is 0 Å². The maximum Gasteiger partial charge on any atom is 0.0475 e. The summed E-state index contributed by atoms with van der Waals surface area (Å²) in [6.07, 6.45) is 7.16. The third kappa shape index (κ3) is 3.49. The first-order chi connectivity index (χ1) is 10.3. The molecular formula is C19H30N2. The van der Waals surface area contributed by atoms with E-state index in [1.165, 1.54) is 44.2 Å². The minimum atomic E-state index is 0.543. The molecule has 0 radical (unpaired) electrons. The van der Waals surface area contributed by atoms with Gasteiger partial charge in [-0.25, -0.2) is 0 Å². The predicted molar refractivity (Wildman–Crippen MR) is 89.4 cm³/mol. The van der Waals surface area contributed by atoms with Crippen molar-refractivity contribution in [3.05, 3.63) is 35.9 Å². The Bertz CT molecular complexity index is 428. The van der Waals surface area contributed by atoms with Crippen molar-refractivity contribution >= 4 is 0 Å². The number of rotatable bonds is 5. The molecule has 116 valence electrons. The van der Waals surface area contributed by atoms with Gasteiger partial charge in [-0.15, -0.1) is 0 Å². The summed E-state index contributed by atoms with van der Waals surface area (Å²) in [6.45, 7) is 6.85. The van der Waals surface area contributed by atoms with Crippen LogP contribution in [0, 0.1) is 5.92 Å². The molecule has 3 unspecified atom stereocenters. The van der Waals surface area contributed by atoms with Gasteiger partial charge in [0, 0.05) is 24.7 Å². The van der Waals surface area contributed by atoms with Crippen LogP contribution in [0.3, 0.4) is 0 Å². The molecule has 3 rings (SSSR count). The second kappa shape index (κ2) is 6.93. The van der Waals surface area contributed by atoms with Crippen LogP contribution in [0.1, 0.15) is 57.6 Å². The Hall–Kier alpha value is -0.860. The van der Waals surface area contributed by atoms with E-state index >= 15 is 0 Å². The average Bonchev–Trinajstić information content (AvgIpc) is 2.93. The van der Waals surface area contributed by atoms with E-state index in [9.17, 15) is 0 Å². The highest BCUT2D eigenvalue weighted by Gasteiger charge is 2.39. The minimum absolute atomic E-state index is 0.543. The molecule has 1 heterocycles. The summed E-state index contributed by atoms with van der Waals surface area (Å²) in [7, 11) is 0. The van der Waals surface area contributed by atoms with Gasteiger partial charge in [0.1, 0.15) is 0 Å². The molecule has 1 aromatic rings. The zero-order valence-corrected chi connectivity index (χ0v) is 13.6. The summed E-state index contributed by atoms with van der Waals surface area (Å²) < 4.78 is 0. The van der Waals surface area contributed by atoms with Crippen LogP contribution in [0.15, 0.2) is 30.3 Å². The third-order valence-corrected chi connectivity index (χ3v) is 5.36. The topological polar surface area (TPSA) is 15.3 Å². The quantitative estimate of drug-likeness (QED) is 0.880. The highest BCUT2D eigenvalue weighted by molar-refractivity contribution is 5.20. The Labute approximate surface area is 129 Å². The van der Waals surface area contributed by atoms with E-state index in [2.05, 4.69) is 54.4 Å².